The summed E-state index contributed by atoms with van der Waals surface area (Å²) in [4.78, 5) is 1.17. The summed E-state index contributed by atoms with van der Waals surface area (Å²) >= 11 is 1.73. The molecule has 0 amide bonds. The molecule has 0 aromatic heterocycles. The second-order valence-electron chi connectivity index (χ2n) is 13.5. The third-order valence-electron chi connectivity index (χ3n) is 5.01. The number of hydrogen-bond donors (Lipinski definition) is 0. The lowest BCUT2D eigenvalue weighted by molar-refractivity contribution is -0.189. The van der Waals surface area contributed by atoms with Crippen LogP contribution in [0.15, 0.2) is 29.2 Å². The van der Waals surface area contributed by atoms with Gasteiger partial charge in [-0.3, -0.25) is 0 Å². The lowest BCUT2D eigenvalue weighted by Gasteiger charge is -2.51. The molecule has 1 aliphatic rings. The van der Waals surface area contributed by atoms with Gasteiger partial charge in [-0.15, -0.1) is 0 Å². The van der Waals surface area contributed by atoms with Gasteiger partial charge < -0.3 is 22.4 Å². The maximum absolute atomic E-state index is 6.94. The summed E-state index contributed by atoms with van der Waals surface area (Å²) in [5.74, 6) is 0. The molecule has 0 spiro atoms. The number of thioether (sulfide) groups is 1. The van der Waals surface area contributed by atoms with Crippen molar-refractivity contribution in [3.8, 4) is 0 Å². The number of aryl methyl sites for hydroxylation is 1. The Morgan fingerprint density at radius 3 is 1.57 bits per heavy atom. The van der Waals surface area contributed by atoms with E-state index >= 15 is 0 Å². The molecule has 1 fully saturated rings. The topological polar surface area (TPSA) is 46.2 Å². The van der Waals surface area contributed by atoms with Gasteiger partial charge in [-0.2, -0.15) is 0 Å². The maximum Gasteiger partial charge on any atom is 0.184 e. The van der Waals surface area contributed by atoms with Gasteiger partial charge in [-0.1, -0.05) is 29.5 Å². The minimum absolute atomic E-state index is 0.202. The molecule has 1 saturated heterocycles. The van der Waals surface area contributed by atoms with Gasteiger partial charge in [0.2, 0.25) is 0 Å². The van der Waals surface area contributed by atoms with Gasteiger partial charge in [0.1, 0.15) is 29.9 Å². The van der Waals surface area contributed by atoms with E-state index < -0.39 is 33.3 Å². The molecule has 5 atom stereocenters. The molecule has 1 heterocycles. The number of rotatable bonds is 11. The summed E-state index contributed by atoms with van der Waals surface area (Å²) in [5.41, 5.74) is 1.04. The molecule has 0 saturated carbocycles. The van der Waals surface area contributed by atoms with Crippen LogP contribution in [0.4, 0.5) is 0 Å². The molecule has 0 radical (unpaired) electrons. The Kier molecular flexibility index (Phi) is 10.7. The average Bonchev–Trinajstić information content (AvgIpc) is 2.63. The third kappa shape index (κ3) is 11.7. The maximum atomic E-state index is 6.94. The summed E-state index contributed by atoms with van der Waals surface area (Å²) in [6.45, 7) is 29.4. The van der Waals surface area contributed by atoms with Crippen LogP contribution >= 0.6 is 11.8 Å². The van der Waals surface area contributed by atoms with Crippen molar-refractivity contribution in [2.45, 2.75) is 120 Å². The summed E-state index contributed by atoms with van der Waals surface area (Å²) < 4.78 is 33.9. The SMILES string of the molecule is Cc1ccc(S[C@@H]2OC(CO[Si](C)(C)C)[C@H](O[Si](C)(C)C)C(O[Si](C)(C)C)C2O[Si](C)(C)C)cc1. The van der Waals surface area contributed by atoms with Gasteiger partial charge in [0, 0.05) is 4.90 Å². The van der Waals surface area contributed by atoms with E-state index in [1.807, 2.05) is 0 Å². The molecule has 10 heteroatoms. The van der Waals surface area contributed by atoms with Crippen molar-refractivity contribution in [1.82, 2.24) is 0 Å². The fourth-order valence-electron chi connectivity index (χ4n) is 3.82. The smallest absolute Gasteiger partial charge is 0.184 e. The van der Waals surface area contributed by atoms with Crippen molar-refractivity contribution in [3.05, 3.63) is 29.8 Å². The van der Waals surface area contributed by atoms with Crippen molar-refractivity contribution in [2.75, 3.05) is 6.61 Å². The lowest BCUT2D eigenvalue weighted by Crippen LogP contribution is -2.65. The molecular formula is C25H50O5SSi4. The van der Waals surface area contributed by atoms with Crippen molar-refractivity contribution >= 4 is 45.0 Å². The monoisotopic (exact) mass is 574 g/mol. The van der Waals surface area contributed by atoms with Crippen molar-refractivity contribution in [1.29, 1.82) is 0 Å². The van der Waals surface area contributed by atoms with Crippen LogP contribution in [0.3, 0.4) is 0 Å². The standard InChI is InChI=1S/C25H50O5SSi4/c1-19-14-16-20(17-15-19)31-25-24(30-35(11,12)13)23(29-34(8,9)10)22(28-33(5,6)7)21(27-25)18-26-32(2,3)4/h14-17,21-25H,18H2,1-13H3/t21?,22-,23?,24?,25-/m0/s1. The van der Waals surface area contributed by atoms with Crippen LogP contribution in [0.1, 0.15) is 5.56 Å². The first kappa shape index (κ1) is 31.5. The average molecular weight is 575 g/mol. The van der Waals surface area contributed by atoms with E-state index in [4.69, 9.17) is 22.4 Å². The molecular weight excluding hydrogens is 525 g/mol. The van der Waals surface area contributed by atoms with Gasteiger partial charge in [-0.05, 0) is 97.6 Å². The quantitative estimate of drug-likeness (QED) is 0.258. The van der Waals surface area contributed by atoms with Crippen LogP contribution in [0.25, 0.3) is 0 Å². The van der Waals surface area contributed by atoms with Crippen molar-refractivity contribution in [2.24, 2.45) is 0 Å². The molecule has 1 aromatic carbocycles. The van der Waals surface area contributed by atoms with E-state index in [1.54, 1.807) is 11.8 Å². The number of hydrogen-bond acceptors (Lipinski definition) is 6. The summed E-state index contributed by atoms with van der Waals surface area (Å²) in [6.07, 6.45) is -0.851. The zero-order valence-corrected chi connectivity index (χ0v) is 29.2. The van der Waals surface area contributed by atoms with Crippen molar-refractivity contribution < 1.29 is 22.4 Å². The van der Waals surface area contributed by atoms with E-state index in [-0.39, 0.29) is 29.9 Å². The zero-order valence-electron chi connectivity index (χ0n) is 24.4. The molecule has 0 aliphatic carbocycles. The van der Waals surface area contributed by atoms with E-state index in [9.17, 15) is 0 Å². The molecule has 1 aromatic rings. The largest absolute Gasteiger partial charge is 0.415 e. The highest BCUT2D eigenvalue weighted by atomic mass is 32.2. The third-order valence-corrected chi connectivity index (χ3v) is 10.1. The number of ether oxygens (including phenoxy) is 1. The molecule has 3 unspecified atom stereocenters. The summed E-state index contributed by atoms with van der Waals surface area (Å²) in [7, 11) is -7.49. The Hall–Kier alpha value is 0.238. The van der Waals surface area contributed by atoms with Gasteiger partial charge in [0.15, 0.2) is 33.3 Å². The molecule has 202 valence electrons. The minimum atomic E-state index is -1.92. The van der Waals surface area contributed by atoms with Crippen molar-refractivity contribution in [3.63, 3.8) is 0 Å². The fourth-order valence-corrected chi connectivity index (χ4v) is 8.95. The molecule has 1 aliphatic heterocycles. The van der Waals surface area contributed by atoms with E-state index in [0.29, 0.717) is 6.61 Å². The zero-order chi connectivity index (χ0) is 26.8. The minimum Gasteiger partial charge on any atom is -0.415 e. The normalized spacial score (nSPS) is 26.7. The summed E-state index contributed by atoms with van der Waals surface area (Å²) in [6, 6.07) is 8.64. The Morgan fingerprint density at radius 1 is 0.657 bits per heavy atom. The van der Waals surface area contributed by atoms with Gasteiger partial charge in [0.25, 0.3) is 0 Å². The second kappa shape index (κ2) is 12.0. The van der Waals surface area contributed by atoms with Crippen LogP contribution < -0.4 is 0 Å². The molecule has 0 bridgehead atoms. The Balaban J connectivity index is 2.54. The molecule has 35 heavy (non-hydrogen) atoms. The van der Waals surface area contributed by atoms with E-state index in [2.05, 4.69) is 110 Å². The molecule has 0 N–H and O–H groups in total. The van der Waals surface area contributed by atoms with Crippen LogP contribution in [0.2, 0.25) is 78.6 Å². The molecule has 2 rings (SSSR count). The van der Waals surface area contributed by atoms with E-state index in [1.165, 1.54) is 10.5 Å². The number of benzene rings is 1. The highest BCUT2D eigenvalue weighted by molar-refractivity contribution is 7.99. The second-order valence-corrected chi connectivity index (χ2v) is 32.5. The van der Waals surface area contributed by atoms with Crippen LogP contribution in [0.5, 0.6) is 0 Å². The summed E-state index contributed by atoms with van der Waals surface area (Å²) in [5, 5.41) is 0. The highest BCUT2D eigenvalue weighted by Crippen LogP contribution is 2.40. The van der Waals surface area contributed by atoms with Gasteiger partial charge in [0.05, 0.1) is 6.61 Å². The Labute approximate surface area is 223 Å². The first-order chi connectivity index (χ1) is 15.7. The lowest BCUT2D eigenvalue weighted by atomic mass is 10.0. The Bertz CT molecular complexity index is 797. The Morgan fingerprint density at radius 2 is 1.11 bits per heavy atom. The van der Waals surface area contributed by atoms with Crippen LogP contribution in [-0.4, -0.2) is 69.7 Å². The van der Waals surface area contributed by atoms with Gasteiger partial charge >= 0.3 is 0 Å². The first-order valence-corrected chi connectivity index (χ1v) is 27.3. The van der Waals surface area contributed by atoms with Crippen LogP contribution in [-0.2, 0) is 22.4 Å². The van der Waals surface area contributed by atoms with E-state index in [0.717, 1.165) is 0 Å². The highest BCUT2D eigenvalue weighted by Gasteiger charge is 2.51. The van der Waals surface area contributed by atoms with Gasteiger partial charge in [-0.25, -0.2) is 0 Å². The predicted molar refractivity (Wildman–Crippen MR) is 160 cm³/mol. The molecule has 5 nitrogen and oxygen atoms in total. The predicted octanol–water partition coefficient (Wildman–Crippen LogP) is 7.32. The van der Waals surface area contributed by atoms with Crippen LogP contribution in [0, 0.1) is 6.92 Å². The fraction of sp³-hybridized carbons (Fsp3) is 0.760. The first-order valence-electron chi connectivity index (χ1n) is 12.8.